The summed E-state index contributed by atoms with van der Waals surface area (Å²) >= 11 is 0. The number of carbonyl (C=O) groups excluding carboxylic acids is 1. The van der Waals surface area contributed by atoms with Gasteiger partial charge in [0.05, 0.1) is 17.3 Å². The second kappa shape index (κ2) is 6.03. The van der Waals surface area contributed by atoms with Crippen molar-refractivity contribution in [3.05, 3.63) is 59.4 Å². The van der Waals surface area contributed by atoms with Crippen molar-refractivity contribution in [3.8, 4) is 11.3 Å². The van der Waals surface area contributed by atoms with Crippen molar-refractivity contribution in [2.45, 2.75) is 32.6 Å². The number of aryl methyl sites for hydroxylation is 2. The molecule has 4 heteroatoms. The molecule has 0 radical (unpaired) electrons. The summed E-state index contributed by atoms with van der Waals surface area (Å²) in [6.07, 6.45) is 4.00. The number of pyridine rings is 1. The summed E-state index contributed by atoms with van der Waals surface area (Å²) in [7, 11) is 1.90. The number of hydrogen-bond acceptors (Lipinski definition) is 2. The smallest absolute Gasteiger partial charge is 0.231 e. The lowest BCUT2D eigenvalue weighted by Gasteiger charge is -2.29. The number of piperidine rings is 1. The minimum atomic E-state index is -0.133. The summed E-state index contributed by atoms with van der Waals surface area (Å²) in [5.74, 6) is 0.0646. The fourth-order valence-corrected chi connectivity index (χ4v) is 3.71. The maximum Gasteiger partial charge on any atom is 0.231 e. The summed E-state index contributed by atoms with van der Waals surface area (Å²) < 4.78 is 2.12. The van der Waals surface area contributed by atoms with E-state index in [1.54, 1.807) is 0 Å². The maximum atomic E-state index is 12.9. The number of carbonyl (C=O) groups is 1. The van der Waals surface area contributed by atoms with E-state index < -0.39 is 0 Å². The van der Waals surface area contributed by atoms with Gasteiger partial charge in [-0.25, -0.2) is 4.98 Å². The summed E-state index contributed by atoms with van der Waals surface area (Å²) in [4.78, 5) is 19.6. The highest BCUT2D eigenvalue weighted by molar-refractivity contribution is 5.86. The molecule has 0 spiro atoms. The fraction of sp³-hybridized carbons (Fsp3) is 0.333. The molecule has 4 rings (SSSR count). The number of nitrogens with zero attached hydrogens (tertiary/aromatic N) is 3. The number of imidazole rings is 1. The van der Waals surface area contributed by atoms with E-state index in [0.717, 1.165) is 42.0 Å². The maximum absolute atomic E-state index is 12.9. The molecule has 0 saturated carbocycles. The van der Waals surface area contributed by atoms with E-state index in [1.165, 1.54) is 11.1 Å². The van der Waals surface area contributed by atoms with E-state index in [-0.39, 0.29) is 11.8 Å². The van der Waals surface area contributed by atoms with Crippen LogP contribution >= 0.6 is 0 Å². The number of likely N-dealkylation sites (tertiary alicyclic amines) is 1. The van der Waals surface area contributed by atoms with E-state index in [9.17, 15) is 4.79 Å². The molecule has 0 N–H and O–H groups in total. The van der Waals surface area contributed by atoms with Crippen LogP contribution in [0.4, 0.5) is 0 Å². The lowest BCUT2D eigenvalue weighted by atomic mass is 9.91. The molecule has 2 aromatic heterocycles. The zero-order valence-corrected chi connectivity index (χ0v) is 15.0. The molecule has 1 aliphatic heterocycles. The van der Waals surface area contributed by atoms with Crippen LogP contribution in [-0.4, -0.2) is 33.8 Å². The van der Waals surface area contributed by atoms with Gasteiger partial charge >= 0.3 is 0 Å². The molecule has 0 aliphatic carbocycles. The molecular formula is C21H23N3O. The topological polar surface area (TPSA) is 37.6 Å². The summed E-state index contributed by atoms with van der Waals surface area (Å²) in [5, 5.41) is 0. The lowest BCUT2D eigenvalue weighted by molar-refractivity contribution is -0.133. The standard InChI is InChI=1S/C21H23N3O/c1-14-6-9-16(10-7-14)19-20(17-5-4-12-23(3)21(17)25)24-13-15(2)8-11-18(24)22-19/h6-11,13,17H,4-5,12H2,1-3H3. The first-order valence-electron chi connectivity index (χ1n) is 8.85. The van der Waals surface area contributed by atoms with Crippen LogP contribution in [0.3, 0.4) is 0 Å². The highest BCUT2D eigenvalue weighted by Gasteiger charge is 2.33. The van der Waals surface area contributed by atoms with Gasteiger partial charge in [-0.3, -0.25) is 4.79 Å². The van der Waals surface area contributed by atoms with Gasteiger partial charge in [0.1, 0.15) is 5.65 Å². The van der Waals surface area contributed by atoms with Crippen LogP contribution in [0.2, 0.25) is 0 Å². The van der Waals surface area contributed by atoms with Crippen LogP contribution in [0.15, 0.2) is 42.6 Å². The molecule has 25 heavy (non-hydrogen) atoms. The van der Waals surface area contributed by atoms with Gasteiger partial charge < -0.3 is 9.30 Å². The fourth-order valence-electron chi connectivity index (χ4n) is 3.71. The van der Waals surface area contributed by atoms with Gasteiger partial charge in [-0.2, -0.15) is 0 Å². The van der Waals surface area contributed by atoms with Crippen molar-refractivity contribution in [2.75, 3.05) is 13.6 Å². The van der Waals surface area contributed by atoms with Crippen LogP contribution in [0.5, 0.6) is 0 Å². The SMILES string of the molecule is Cc1ccc(-c2nc3ccc(C)cn3c2C2CCCN(C)C2=O)cc1. The number of amides is 1. The molecule has 1 aromatic carbocycles. The van der Waals surface area contributed by atoms with E-state index in [2.05, 4.69) is 54.8 Å². The Labute approximate surface area is 148 Å². The van der Waals surface area contributed by atoms with Gasteiger partial charge in [-0.15, -0.1) is 0 Å². The zero-order valence-electron chi connectivity index (χ0n) is 15.0. The first-order valence-corrected chi connectivity index (χ1v) is 8.85. The first-order chi connectivity index (χ1) is 12.0. The van der Waals surface area contributed by atoms with Crippen molar-refractivity contribution in [1.82, 2.24) is 14.3 Å². The average molecular weight is 333 g/mol. The summed E-state index contributed by atoms with van der Waals surface area (Å²) in [6, 6.07) is 12.5. The minimum absolute atomic E-state index is 0.133. The molecule has 1 atom stereocenters. The van der Waals surface area contributed by atoms with Crippen LogP contribution in [0.1, 0.15) is 35.6 Å². The van der Waals surface area contributed by atoms with Crippen molar-refractivity contribution >= 4 is 11.6 Å². The molecule has 3 aromatic rings. The highest BCUT2D eigenvalue weighted by Crippen LogP contribution is 2.35. The number of likely N-dealkylation sites (N-methyl/N-ethyl adjacent to an activating group) is 1. The van der Waals surface area contributed by atoms with Crippen molar-refractivity contribution in [1.29, 1.82) is 0 Å². The number of benzene rings is 1. The molecule has 4 nitrogen and oxygen atoms in total. The third-order valence-electron chi connectivity index (χ3n) is 5.12. The third-order valence-corrected chi connectivity index (χ3v) is 5.12. The number of fused-ring (bicyclic) bond motifs is 1. The number of aromatic nitrogens is 2. The largest absolute Gasteiger partial charge is 0.345 e. The Kier molecular flexibility index (Phi) is 3.83. The Hall–Kier alpha value is -2.62. The Bertz CT molecular complexity index is 940. The summed E-state index contributed by atoms with van der Waals surface area (Å²) in [6.45, 7) is 4.99. The van der Waals surface area contributed by atoms with E-state index in [4.69, 9.17) is 4.98 Å². The highest BCUT2D eigenvalue weighted by atomic mass is 16.2. The Morgan fingerprint density at radius 2 is 1.76 bits per heavy atom. The van der Waals surface area contributed by atoms with Gasteiger partial charge in [0.2, 0.25) is 5.91 Å². The third kappa shape index (κ3) is 2.72. The molecule has 1 fully saturated rings. The molecule has 128 valence electrons. The zero-order chi connectivity index (χ0) is 17.6. The monoisotopic (exact) mass is 333 g/mol. The van der Waals surface area contributed by atoms with Gasteiger partial charge in [-0.05, 0) is 38.3 Å². The molecular weight excluding hydrogens is 310 g/mol. The van der Waals surface area contributed by atoms with E-state index in [1.807, 2.05) is 18.0 Å². The normalized spacial score (nSPS) is 18.1. The van der Waals surface area contributed by atoms with Gasteiger partial charge in [-0.1, -0.05) is 35.9 Å². The average Bonchev–Trinajstić information content (AvgIpc) is 2.96. The van der Waals surface area contributed by atoms with Crippen LogP contribution in [0.25, 0.3) is 16.9 Å². The predicted octanol–water partition coefficient (Wildman–Crippen LogP) is 3.95. The lowest BCUT2D eigenvalue weighted by Crippen LogP contribution is -2.37. The second-order valence-corrected chi connectivity index (χ2v) is 7.10. The number of rotatable bonds is 2. The van der Waals surface area contributed by atoms with E-state index >= 15 is 0 Å². The second-order valence-electron chi connectivity index (χ2n) is 7.10. The van der Waals surface area contributed by atoms with Gasteiger partial charge in [0, 0.05) is 25.4 Å². The minimum Gasteiger partial charge on any atom is -0.345 e. The predicted molar refractivity (Wildman–Crippen MR) is 99.7 cm³/mol. The number of hydrogen-bond donors (Lipinski definition) is 0. The Morgan fingerprint density at radius 1 is 1.04 bits per heavy atom. The van der Waals surface area contributed by atoms with Crippen LogP contribution in [0, 0.1) is 13.8 Å². The summed E-state index contributed by atoms with van der Waals surface area (Å²) in [5.41, 5.74) is 6.31. The molecule has 1 unspecified atom stereocenters. The molecule has 1 saturated heterocycles. The molecule has 1 aliphatic rings. The Balaban J connectivity index is 1.96. The first kappa shape index (κ1) is 15.9. The molecule has 0 bridgehead atoms. The van der Waals surface area contributed by atoms with Crippen molar-refractivity contribution < 1.29 is 4.79 Å². The van der Waals surface area contributed by atoms with Crippen LogP contribution < -0.4 is 0 Å². The quantitative estimate of drug-likeness (QED) is 0.712. The van der Waals surface area contributed by atoms with Gasteiger partial charge in [0.15, 0.2) is 0 Å². The van der Waals surface area contributed by atoms with Crippen molar-refractivity contribution in [2.24, 2.45) is 0 Å². The molecule has 1 amide bonds. The van der Waals surface area contributed by atoms with Crippen LogP contribution in [-0.2, 0) is 4.79 Å². The van der Waals surface area contributed by atoms with Crippen molar-refractivity contribution in [3.63, 3.8) is 0 Å². The van der Waals surface area contributed by atoms with E-state index in [0.29, 0.717) is 0 Å². The van der Waals surface area contributed by atoms with Gasteiger partial charge in [0.25, 0.3) is 0 Å². The Morgan fingerprint density at radius 3 is 2.52 bits per heavy atom. The molecule has 3 heterocycles.